The third-order valence-corrected chi connectivity index (χ3v) is 4.21. The number of urea groups is 1. The zero-order chi connectivity index (χ0) is 15.3. The van der Waals surface area contributed by atoms with Crippen LogP contribution in [0.15, 0.2) is 15.9 Å². The van der Waals surface area contributed by atoms with Gasteiger partial charge in [0.1, 0.15) is 6.54 Å². The van der Waals surface area contributed by atoms with Gasteiger partial charge in [-0.05, 0) is 27.9 Å². The minimum atomic E-state index is -0.994. The average molecular weight is 363 g/mol. The van der Waals surface area contributed by atoms with E-state index in [0.29, 0.717) is 13.1 Å². The Labute approximate surface area is 131 Å². The van der Waals surface area contributed by atoms with E-state index in [2.05, 4.69) is 15.9 Å². The Kier molecular flexibility index (Phi) is 6.48. The number of nitrogens with zero attached hydrogens (tertiary/aromatic N) is 2. The molecule has 1 N–H and O–H groups in total. The van der Waals surface area contributed by atoms with Gasteiger partial charge in [-0.3, -0.25) is 4.79 Å². The van der Waals surface area contributed by atoms with Crippen molar-refractivity contribution in [3.8, 4) is 0 Å². The van der Waals surface area contributed by atoms with Crippen LogP contribution in [0.5, 0.6) is 0 Å². The van der Waals surface area contributed by atoms with Crippen LogP contribution in [0.1, 0.15) is 18.7 Å². The van der Waals surface area contributed by atoms with Gasteiger partial charge in [0.25, 0.3) is 0 Å². The van der Waals surface area contributed by atoms with E-state index in [9.17, 15) is 9.59 Å². The summed E-state index contributed by atoms with van der Waals surface area (Å²) in [6.07, 6.45) is 0. The van der Waals surface area contributed by atoms with Crippen LogP contribution in [0.3, 0.4) is 0 Å². The first-order valence-electron chi connectivity index (χ1n) is 6.24. The number of aliphatic carboxylic acids is 1. The van der Waals surface area contributed by atoms with E-state index >= 15 is 0 Å². The molecule has 112 valence electrons. The lowest BCUT2D eigenvalue weighted by Crippen LogP contribution is -2.44. The molecule has 1 rings (SSSR count). The van der Waals surface area contributed by atoms with Crippen molar-refractivity contribution < 1.29 is 14.7 Å². The van der Waals surface area contributed by atoms with E-state index in [0.717, 1.165) is 9.35 Å². The van der Waals surface area contributed by atoms with E-state index in [1.165, 1.54) is 4.90 Å². The van der Waals surface area contributed by atoms with Crippen LogP contribution in [0.25, 0.3) is 0 Å². The van der Waals surface area contributed by atoms with Gasteiger partial charge in [-0.2, -0.15) is 0 Å². The number of hydrogen-bond donors (Lipinski definition) is 1. The maximum absolute atomic E-state index is 12.3. The first-order chi connectivity index (χ1) is 9.29. The fourth-order valence-corrected chi connectivity index (χ4v) is 3.30. The molecular weight excluding hydrogens is 344 g/mol. The number of hydrogen-bond acceptors (Lipinski definition) is 3. The number of amides is 2. The van der Waals surface area contributed by atoms with E-state index in [4.69, 9.17) is 5.11 Å². The van der Waals surface area contributed by atoms with Gasteiger partial charge in [0.05, 0.1) is 6.54 Å². The van der Waals surface area contributed by atoms with E-state index in [1.807, 2.05) is 25.3 Å². The number of halogens is 1. The summed E-state index contributed by atoms with van der Waals surface area (Å²) in [5, 5.41) is 10.9. The van der Waals surface area contributed by atoms with Gasteiger partial charge in [0, 0.05) is 28.3 Å². The highest BCUT2D eigenvalue weighted by Crippen LogP contribution is 2.21. The standard InChI is InChI=1S/C13H19BrN2O3S/c1-9(2)5-16(7-12(17)18)13(19)15(3)6-11-4-10(14)8-20-11/h4,8-9H,5-7H2,1-3H3,(H,17,18). The Bertz CT molecular complexity index is 476. The van der Waals surface area contributed by atoms with E-state index in [1.54, 1.807) is 23.3 Å². The first-order valence-corrected chi connectivity index (χ1v) is 7.91. The van der Waals surface area contributed by atoms with Crippen molar-refractivity contribution in [3.05, 3.63) is 20.8 Å². The number of carboxylic acids is 1. The molecule has 0 aliphatic rings. The lowest BCUT2D eigenvalue weighted by molar-refractivity contribution is -0.137. The van der Waals surface area contributed by atoms with E-state index in [-0.39, 0.29) is 18.5 Å². The number of carboxylic acid groups (broad SMARTS) is 1. The number of carbonyl (C=O) groups excluding carboxylic acids is 1. The fraction of sp³-hybridized carbons (Fsp3) is 0.538. The zero-order valence-corrected chi connectivity index (χ0v) is 14.2. The Morgan fingerprint density at radius 3 is 2.55 bits per heavy atom. The second kappa shape index (κ2) is 7.64. The summed E-state index contributed by atoms with van der Waals surface area (Å²) in [6, 6.07) is 1.70. The first kappa shape index (κ1) is 17.0. The van der Waals surface area contributed by atoms with Gasteiger partial charge in [0.15, 0.2) is 0 Å². The van der Waals surface area contributed by atoms with Crippen molar-refractivity contribution in [1.82, 2.24) is 9.80 Å². The van der Waals surface area contributed by atoms with E-state index < -0.39 is 5.97 Å². The Morgan fingerprint density at radius 2 is 2.10 bits per heavy atom. The lowest BCUT2D eigenvalue weighted by atomic mass is 10.2. The predicted molar refractivity (Wildman–Crippen MR) is 82.9 cm³/mol. The minimum Gasteiger partial charge on any atom is -0.480 e. The van der Waals surface area contributed by atoms with Gasteiger partial charge in [-0.15, -0.1) is 11.3 Å². The molecule has 0 aromatic carbocycles. The molecule has 0 aliphatic heterocycles. The van der Waals surface area contributed by atoms with Gasteiger partial charge < -0.3 is 14.9 Å². The van der Waals surface area contributed by atoms with Crippen LogP contribution >= 0.6 is 27.3 Å². The number of carbonyl (C=O) groups is 2. The lowest BCUT2D eigenvalue weighted by Gasteiger charge is -2.28. The fourth-order valence-electron chi connectivity index (χ4n) is 1.79. The SMILES string of the molecule is CC(C)CN(CC(=O)O)C(=O)N(C)Cc1cc(Br)cs1. The third kappa shape index (κ3) is 5.50. The second-order valence-electron chi connectivity index (χ2n) is 5.04. The van der Waals surface area contributed by atoms with Crippen molar-refractivity contribution >= 4 is 39.3 Å². The van der Waals surface area contributed by atoms with Crippen LogP contribution in [-0.2, 0) is 11.3 Å². The molecule has 0 fully saturated rings. The molecule has 1 heterocycles. The third-order valence-electron chi connectivity index (χ3n) is 2.52. The highest BCUT2D eigenvalue weighted by molar-refractivity contribution is 9.10. The second-order valence-corrected chi connectivity index (χ2v) is 6.95. The summed E-state index contributed by atoms with van der Waals surface area (Å²) < 4.78 is 0.989. The van der Waals surface area contributed by atoms with Crippen molar-refractivity contribution in [1.29, 1.82) is 0 Å². The number of thiophene rings is 1. The van der Waals surface area contributed by atoms with Crippen molar-refractivity contribution in [2.75, 3.05) is 20.1 Å². The van der Waals surface area contributed by atoms with Gasteiger partial charge >= 0.3 is 12.0 Å². The quantitative estimate of drug-likeness (QED) is 0.845. The summed E-state index contributed by atoms with van der Waals surface area (Å²) >= 11 is 4.93. The molecule has 0 unspecified atom stereocenters. The van der Waals surface area contributed by atoms with Crippen molar-refractivity contribution in [2.24, 2.45) is 5.92 Å². The average Bonchev–Trinajstić information content (AvgIpc) is 2.71. The van der Waals surface area contributed by atoms with Gasteiger partial charge in [0.2, 0.25) is 0 Å². The molecule has 0 radical (unpaired) electrons. The smallest absolute Gasteiger partial charge is 0.323 e. The monoisotopic (exact) mass is 362 g/mol. The van der Waals surface area contributed by atoms with Crippen molar-refractivity contribution in [2.45, 2.75) is 20.4 Å². The maximum Gasteiger partial charge on any atom is 0.323 e. The largest absolute Gasteiger partial charge is 0.480 e. The molecule has 0 bridgehead atoms. The van der Waals surface area contributed by atoms with Crippen LogP contribution in [0, 0.1) is 5.92 Å². The number of rotatable bonds is 6. The van der Waals surface area contributed by atoms with Gasteiger partial charge in [-0.25, -0.2) is 4.79 Å². The minimum absolute atomic E-state index is 0.225. The molecule has 0 spiro atoms. The summed E-state index contributed by atoms with van der Waals surface area (Å²) in [4.78, 5) is 27.1. The molecule has 0 saturated heterocycles. The van der Waals surface area contributed by atoms with Crippen LogP contribution in [0.2, 0.25) is 0 Å². The Hall–Kier alpha value is -1.08. The molecule has 5 nitrogen and oxygen atoms in total. The summed E-state index contributed by atoms with van der Waals surface area (Å²) in [6.45, 7) is 4.55. The highest BCUT2D eigenvalue weighted by Gasteiger charge is 2.21. The normalized spacial score (nSPS) is 10.7. The zero-order valence-electron chi connectivity index (χ0n) is 11.8. The molecule has 0 aliphatic carbocycles. The molecule has 1 aromatic heterocycles. The van der Waals surface area contributed by atoms with Crippen molar-refractivity contribution in [3.63, 3.8) is 0 Å². The van der Waals surface area contributed by atoms with Crippen LogP contribution in [-0.4, -0.2) is 47.0 Å². The van der Waals surface area contributed by atoms with Crippen LogP contribution < -0.4 is 0 Å². The molecule has 2 amide bonds. The Balaban J connectivity index is 2.69. The molecule has 0 saturated carbocycles. The highest BCUT2D eigenvalue weighted by atomic mass is 79.9. The molecule has 7 heteroatoms. The summed E-state index contributed by atoms with van der Waals surface area (Å²) in [5.41, 5.74) is 0. The topological polar surface area (TPSA) is 60.9 Å². The molecule has 1 aromatic rings. The Morgan fingerprint density at radius 1 is 1.45 bits per heavy atom. The molecule has 0 atom stereocenters. The predicted octanol–water partition coefficient (Wildman–Crippen LogP) is 3.11. The summed E-state index contributed by atoms with van der Waals surface area (Å²) in [7, 11) is 1.69. The summed E-state index contributed by atoms with van der Waals surface area (Å²) in [5.74, 6) is -0.770. The molecular formula is C13H19BrN2O3S. The maximum atomic E-state index is 12.3. The van der Waals surface area contributed by atoms with Gasteiger partial charge in [-0.1, -0.05) is 13.8 Å². The van der Waals surface area contributed by atoms with Crippen LogP contribution in [0.4, 0.5) is 4.79 Å². The molecule has 20 heavy (non-hydrogen) atoms.